The van der Waals surface area contributed by atoms with Crippen molar-refractivity contribution in [3.8, 4) is 11.4 Å². The molecule has 1 saturated heterocycles. The molecule has 0 bridgehead atoms. The van der Waals surface area contributed by atoms with Gasteiger partial charge < -0.3 is 14.5 Å². The quantitative estimate of drug-likeness (QED) is 0.779. The van der Waals surface area contributed by atoms with E-state index in [1.807, 2.05) is 12.1 Å². The summed E-state index contributed by atoms with van der Waals surface area (Å²) in [6.45, 7) is 4.40. The van der Waals surface area contributed by atoms with Gasteiger partial charge in [0.2, 0.25) is 5.91 Å². The Labute approximate surface area is 177 Å². The number of nitrogens with zero attached hydrogens (tertiary/aromatic N) is 5. The van der Waals surface area contributed by atoms with Crippen LogP contribution in [0.1, 0.15) is 43.4 Å². The van der Waals surface area contributed by atoms with Crippen molar-refractivity contribution in [2.24, 2.45) is 5.92 Å². The summed E-state index contributed by atoms with van der Waals surface area (Å²) in [6, 6.07) is 3.90. The van der Waals surface area contributed by atoms with Crippen LogP contribution < -0.4 is 4.90 Å². The molecule has 0 atom stereocenters. The van der Waals surface area contributed by atoms with Crippen molar-refractivity contribution in [3.05, 3.63) is 35.8 Å². The molecule has 4 heterocycles. The molecule has 0 unspecified atom stereocenters. The second kappa shape index (κ2) is 8.68. The molecule has 0 N–H and O–H groups in total. The minimum atomic E-state index is 0.198. The number of fused-ring (bicyclic) bond motifs is 1. The van der Waals surface area contributed by atoms with Crippen LogP contribution in [0.5, 0.6) is 0 Å². The van der Waals surface area contributed by atoms with Gasteiger partial charge in [-0.2, -0.15) is 0 Å². The van der Waals surface area contributed by atoms with Gasteiger partial charge in [-0.1, -0.05) is 19.3 Å². The topological polar surface area (TPSA) is 71.5 Å². The Balaban J connectivity index is 1.48. The summed E-state index contributed by atoms with van der Waals surface area (Å²) < 4.78 is 5.56. The van der Waals surface area contributed by atoms with Crippen molar-refractivity contribution < 1.29 is 9.53 Å². The lowest BCUT2D eigenvalue weighted by molar-refractivity contribution is -0.137. The van der Waals surface area contributed by atoms with E-state index < -0.39 is 0 Å². The van der Waals surface area contributed by atoms with Crippen LogP contribution in [0.3, 0.4) is 0 Å². The van der Waals surface area contributed by atoms with Gasteiger partial charge in [0.15, 0.2) is 5.82 Å². The van der Waals surface area contributed by atoms with Crippen LogP contribution in [-0.2, 0) is 22.5 Å². The Hall–Kier alpha value is -2.54. The van der Waals surface area contributed by atoms with E-state index in [9.17, 15) is 4.79 Å². The molecule has 1 amide bonds. The van der Waals surface area contributed by atoms with E-state index in [0.29, 0.717) is 25.7 Å². The molecule has 2 aromatic heterocycles. The molecule has 7 nitrogen and oxygen atoms in total. The predicted molar refractivity (Wildman–Crippen MR) is 114 cm³/mol. The number of amides is 1. The number of rotatable bonds is 3. The average molecular weight is 408 g/mol. The standard InChI is InChI=1S/C23H29N5O2/c29-23(18-4-2-1-3-5-18)28-11-8-20-19(16-28)22(27-12-14-30-15-13-27)26-21(25-20)17-6-9-24-10-7-17/h6-7,9-10,18H,1-5,8,11-16H2. The summed E-state index contributed by atoms with van der Waals surface area (Å²) in [5.74, 6) is 2.23. The van der Waals surface area contributed by atoms with Gasteiger partial charge in [-0.3, -0.25) is 9.78 Å². The summed E-state index contributed by atoms with van der Waals surface area (Å²) in [7, 11) is 0. The minimum Gasteiger partial charge on any atom is -0.378 e. The second-order valence-electron chi connectivity index (χ2n) is 8.48. The third kappa shape index (κ3) is 3.90. The molecular weight excluding hydrogens is 378 g/mol. The van der Waals surface area contributed by atoms with Gasteiger partial charge in [0.05, 0.1) is 25.5 Å². The fraction of sp³-hybridized carbons (Fsp3) is 0.565. The Morgan fingerprint density at radius 1 is 1.00 bits per heavy atom. The summed E-state index contributed by atoms with van der Waals surface area (Å²) >= 11 is 0. The number of hydrogen-bond donors (Lipinski definition) is 0. The molecule has 2 fully saturated rings. The van der Waals surface area contributed by atoms with Crippen LogP contribution in [0, 0.1) is 5.92 Å². The first kappa shape index (κ1) is 19.4. The maximum absolute atomic E-state index is 13.2. The number of pyridine rings is 1. The number of carbonyl (C=O) groups is 1. The third-order valence-corrected chi connectivity index (χ3v) is 6.55. The Kier molecular flexibility index (Phi) is 5.62. The fourth-order valence-corrected chi connectivity index (χ4v) is 4.86. The first-order valence-corrected chi connectivity index (χ1v) is 11.2. The van der Waals surface area contributed by atoms with Crippen LogP contribution in [-0.4, -0.2) is 58.6 Å². The van der Waals surface area contributed by atoms with Crippen LogP contribution in [0.15, 0.2) is 24.5 Å². The monoisotopic (exact) mass is 407 g/mol. The van der Waals surface area contributed by atoms with E-state index >= 15 is 0 Å². The summed E-state index contributed by atoms with van der Waals surface area (Å²) in [6.07, 6.45) is 10.0. The maximum atomic E-state index is 13.2. The summed E-state index contributed by atoms with van der Waals surface area (Å²) in [4.78, 5) is 31.5. The summed E-state index contributed by atoms with van der Waals surface area (Å²) in [5, 5.41) is 0. The van der Waals surface area contributed by atoms with Gasteiger partial charge in [-0.15, -0.1) is 0 Å². The molecule has 0 aromatic carbocycles. The average Bonchev–Trinajstić information content (AvgIpc) is 2.84. The lowest BCUT2D eigenvalue weighted by Gasteiger charge is -2.36. The number of hydrogen-bond acceptors (Lipinski definition) is 6. The smallest absolute Gasteiger partial charge is 0.225 e. The highest BCUT2D eigenvalue weighted by Gasteiger charge is 2.32. The second-order valence-corrected chi connectivity index (χ2v) is 8.48. The molecule has 0 spiro atoms. The van der Waals surface area contributed by atoms with E-state index in [4.69, 9.17) is 14.7 Å². The predicted octanol–water partition coefficient (Wildman–Crippen LogP) is 2.84. The van der Waals surface area contributed by atoms with Crippen molar-refractivity contribution in [3.63, 3.8) is 0 Å². The molecule has 0 radical (unpaired) electrons. The Morgan fingerprint density at radius 3 is 2.53 bits per heavy atom. The molecule has 1 aliphatic carbocycles. The molecule has 158 valence electrons. The van der Waals surface area contributed by atoms with Crippen molar-refractivity contribution in [1.82, 2.24) is 19.9 Å². The van der Waals surface area contributed by atoms with Crippen molar-refractivity contribution in [1.29, 1.82) is 0 Å². The van der Waals surface area contributed by atoms with Crippen molar-refractivity contribution in [2.45, 2.75) is 45.1 Å². The van der Waals surface area contributed by atoms with E-state index in [1.165, 1.54) is 19.3 Å². The first-order chi connectivity index (χ1) is 14.8. The highest BCUT2D eigenvalue weighted by Crippen LogP contribution is 2.32. The maximum Gasteiger partial charge on any atom is 0.225 e. The molecule has 1 saturated carbocycles. The minimum absolute atomic E-state index is 0.198. The Bertz CT molecular complexity index is 892. The number of carbonyl (C=O) groups excluding carboxylic acids is 1. The van der Waals surface area contributed by atoms with Crippen LogP contribution in [0.4, 0.5) is 5.82 Å². The normalized spacial score (nSPS) is 20.1. The van der Waals surface area contributed by atoms with E-state index in [-0.39, 0.29) is 5.92 Å². The van der Waals surface area contributed by atoms with E-state index in [0.717, 1.165) is 67.4 Å². The number of morpholine rings is 1. The van der Waals surface area contributed by atoms with Gasteiger partial charge in [-0.05, 0) is 25.0 Å². The Morgan fingerprint density at radius 2 is 1.77 bits per heavy atom. The van der Waals surface area contributed by atoms with Gasteiger partial charge in [0.25, 0.3) is 0 Å². The molecular formula is C23H29N5O2. The highest BCUT2D eigenvalue weighted by molar-refractivity contribution is 5.79. The molecule has 2 aromatic rings. The zero-order valence-corrected chi connectivity index (χ0v) is 17.4. The lowest BCUT2D eigenvalue weighted by atomic mass is 9.87. The van der Waals surface area contributed by atoms with Crippen LogP contribution in [0.2, 0.25) is 0 Å². The van der Waals surface area contributed by atoms with Gasteiger partial charge in [0.1, 0.15) is 5.82 Å². The van der Waals surface area contributed by atoms with E-state index in [2.05, 4.69) is 14.8 Å². The molecule has 30 heavy (non-hydrogen) atoms. The summed E-state index contributed by atoms with van der Waals surface area (Å²) in [5.41, 5.74) is 3.17. The zero-order valence-electron chi connectivity index (χ0n) is 17.4. The van der Waals surface area contributed by atoms with E-state index in [1.54, 1.807) is 12.4 Å². The van der Waals surface area contributed by atoms with Gasteiger partial charge in [0, 0.05) is 55.5 Å². The highest BCUT2D eigenvalue weighted by atomic mass is 16.5. The van der Waals surface area contributed by atoms with Crippen molar-refractivity contribution in [2.75, 3.05) is 37.7 Å². The van der Waals surface area contributed by atoms with Gasteiger partial charge in [-0.25, -0.2) is 9.97 Å². The largest absolute Gasteiger partial charge is 0.378 e. The fourth-order valence-electron chi connectivity index (χ4n) is 4.86. The molecule has 3 aliphatic rings. The molecule has 5 rings (SSSR count). The lowest BCUT2D eigenvalue weighted by Crippen LogP contribution is -2.43. The van der Waals surface area contributed by atoms with Crippen LogP contribution >= 0.6 is 0 Å². The van der Waals surface area contributed by atoms with Gasteiger partial charge >= 0.3 is 0 Å². The first-order valence-electron chi connectivity index (χ1n) is 11.2. The SMILES string of the molecule is O=C(C1CCCCC1)N1CCc2nc(-c3ccncc3)nc(N3CCOCC3)c2C1. The number of anilines is 1. The number of aromatic nitrogens is 3. The molecule has 7 heteroatoms. The molecule has 2 aliphatic heterocycles. The third-order valence-electron chi connectivity index (χ3n) is 6.55. The zero-order chi connectivity index (χ0) is 20.3. The van der Waals surface area contributed by atoms with Crippen LogP contribution in [0.25, 0.3) is 11.4 Å². The van der Waals surface area contributed by atoms with Crippen molar-refractivity contribution >= 4 is 11.7 Å². The number of ether oxygens (including phenoxy) is 1.